The van der Waals surface area contributed by atoms with E-state index in [0.29, 0.717) is 5.95 Å². The molecule has 3 rings (SSSR count). The Bertz CT molecular complexity index is 736. The molecular formula is C13H11IN4S. The first-order valence-corrected chi connectivity index (χ1v) is 7.57. The van der Waals surface area contributed by atoms with Gasteiger partial charge in [0.15, 0.2) is 0 Å². The number of fused-ring (bicyclic) bond motifs is 1. The molecule has 0 aliphatic carbocycles. The van der Waals surface area contributed by atoms with Crippen LogP contribution < -0.4 is 11.1 Å². The SMILES string of the molecule is Cc1cc2c(Nc3ccc(I)cc3)nc(N)nc2s1. The van der Waals surface area contributed by atoms with Crippen molar-refractivity contribution in [3.63, 3.8) is 0 Å². The highest BCUT2D eigenvalue weighted by Crippen LogP contribution is 2.30. The third-order valence-electron chi connectivity index (χ3n) is 2.64. The second kappa shape index (κ2) is 4.93. The first kappa shape index (κ1) is 12.6. The van der Waals surface area contributed by atoms with Gasteiger partial charge in [-0.2, -0.15) is 4.98 Å². The maximum atomic E-state index is 5.75. The fourth-order valence-electron chi connectivity index (χ4n) is 1.82. The molecule has 2 aromatic heterocycles. The lowest BCUT2D eigenvalue weighted by molar-refractivity contribution is 1.24. The van der Waals surface area contributed by atoms with Gasteiger partial charge in [-0.05, 0) is 59.8 Å². The van der Waals surface area contributed by atoms with Crippen LogP contribution in [0.4, 0.5) is 17.5 Å². The van der Waals surface area contributed by atoms with Crippen molar-refractivity contribution in [1.29, 1.82) is 0 Å². The van der Waals surface area contributed by atoms with E-state index in [1.165, 1.54) is 8.45 Å². The Balaban J connectivity index is 2.06. The van der Waals surface area contributed by atoms with Crippen molar-refractivity contribution in [1.82, 2.24) is 9.97 Å². The fraction of sp³-hybridized carbons (Fsp3) is 0.0769. The summed E-state index contributed by atoms with van der Waals surface area (Å²) >= 11 is 3.90. The van der Waals surface area contributed by atoms with Crippen molar-refractivity contribution in [3.05, 3.63) is 38.8 Å². The van der Waals surface area contributed by atoms with Gasteiger partial charge in [0, 0.05) is 14.1 Å². The van der Waals surface area contributed by atoms with E-state index in [1.807, 2.05) is 24.3 Å². The number of rotatable bonds is 2. The molecule has 1 aromatic carbocycles. The zero-order valence-corrected chi connectivity index (χ0v) is 13.1. The number of nitrogens with two attached hydrogens (primary N) is 1. The van der Waals surface area contributed by atoms with Crippen LogP contribution in [0.2, 0.25) is 0 Å². The summed E-state index contributed by atoms with van der Waals surface area (Å²) in [6, 6.07) is 10.2. The van der Waals surface area contributed by atoms with Crippen molar-refractivity contribution in [3.8, 4) is 0 Å². The summed E-state index contributed by atoms with van der Waals surface area (Å²) in [4.78, 5) is 10.7. The molecule has 19 heavy (non-hydrogen) atoms. The summed E-state index contributed by atoms with van der Waals surface area (Å²) < 4.78 is 1.20. The number of hydrogen-bond donors (Lipinski definition) is 2. The van der Waals surface area contributed by atoms with Crippen LogP contribution in [0.25, 0.3) is 10.2 Å². The Morgan fingerprint density at radius 3 is 2.68 bits per heavy atom. The van der Waals surface area contributed by atoms with Gasteiger partial charge in [0.1, 0.15) is 10.6 Å². The van der Waals surface area contributed by atoms with Crippen LogP contribution in [0.3, 0.4) is 0 Å². The zero-order valence-electron chi connectivity index (χ0n) is 10.1. The van der Waals surface area contributed by atoms with E-state index >= 15 is 0 Å². The molecule has 0 saturated carbocycles. The van der Waals surface area contributed by atoms with Crippen LogP contribution in [0, 0.1) is 10.5 Å². The molecule has 3 aromatic rings. The lowest BCUT2D eigenvalue weighted by Gasteiger charge is -2.07. The van der Waals surface area contributed by atoms with Crippen LogP contribution in [-0.2, 0) is 0 Å². The van der Waals surface area contributed by atoms with E-state index in [0.717, 1.165) is 21.7 Å². The average Bonchev–Trinajstić information content (AvgIpc) is 2.72. The van der Waals surface area contributed by atoms with Gasteiger partial charge in [-0.15, -0.1) is 11.3 Å². The highest BCUT2D eigenvalue weighted by atomic mass is 127. The van der Waals surface area contributed by atoms with Crippen LogP contribution in [0.1, 0.15) is 4.88 Å². The number of aryl methyl sites for hydroxylation is 1. The molecule has 0 aliphatic rings. The molecule has 0 atom stereocenters. The minimum Gasteiger partial charge on any atom is -0.368 e. The highest BCUT2D eigenvalue weighted by Gasteiger charge is 2.09. The quantitative estimate of drug-likeness (QED) is 0.660. The van der Waals surface area contributed by atoms with Crippen molar-refractivity contribution in [2.45, 2.75) is 6.92 Å². The van der Waals surface area contributed by atoms with E-state index < -0.39 is 0 Å². The fourth-order valence-corrected chi connectivity index (χ4v) is 3.07. The molecule has 4 nitrogen and oxygen atoms in total. The van der Waals surface area contributed by atoms with E-state index in [4.69, 9.17) is 5.73 Å². The maximum Gasteiger partial charge on any atom is 0.223 e. The van der Waals surface area contributed by atoms with E-state index in [1.54, 1.807) is 11.3 Å². The zero-order chi connectivity index (χ0) is 13.4. The van der Waals surface area contributed by atoms with Crippen molar-refractivity contribution in [2.75, 3.05) is 11.1 Å². The minimum atomic E-state index is 0.294. The van der Waals surface area contributed by atoms with Gasteiger partial charge in [0.2, 0.25) is 5.95 Å². The molecule has 0 unspecified atom stereocenters. The van der Waals surface area contributed by atoms with Crippen LogP contribution in [0.5, 0.6) is 0 Å². The molecule has 0 amide bonds. The summed E-state index contributed by atoms with van der Waals surface area (Å²) in [6.45, 7) is 2.05. The molecule has 0 spiro atoms. The Hall–Kier alpha value is -1.41. The second-order valence-corrected chi connectivity index (χ2v) is 6.62. The van der Waals surface area contributed by atoms with Gasteiger partial charge in [0.25, 0.3) is 0 Å². The Morgan fingerprint density at radius 2 is 1.95 bits per heavy atom. The summed E-state index contributed by atoms with van der Waals surface area (Å²) in [7, 11) is 0. The third-order valence-corrected chi connectivity index (χ3v) is 4.30. The predicted octanol–water partition coefficient (Wildman–Crippen LogP) is 3.93. The third kappa shape index (κ3) is 2.64. The molecule has 6 heteroatoms. The standard InChI is InChI=1S/C13H11IN4S/c1-7-6-10-11(17-13(15)18-12(10)19-7)16-9-4-2-8(14)3-5-9/h2-6H,1H3,(H3,15,16,17,18). The summed E-state index contributed by atoms with van der Waals surface area (Å²) in [6.07, 6.45) is 0. The Labute approximate surface area is 128 Å². The minimum absolute atomic E-state index is 0.294. The van der Waals surface area contributed by atoms with Gasteiger partial charge >= 0.3 is 0 Å². The second-order valence-electron chi connectivity index (χ2n) is 4.14. The van der Waals surface area contributed by atoms with Crippen LogP contribution in [-0.4, -0.2) is 9.97 Å². The van der Waals surface area contributed by atoms with E-state index in [2.05, 4.69) is 50.9 Å². The highest BCUT2D eigenvalue weighted by molar-refractivity contribution is 14.1. The monoisotopic (exact) mass is 382 g/mol. The lowest BCUT2D eigenvalue weighted by Crippen LogP contribution is -2.00. The van der Waals surface area contributed by atoms with Gasteiger partial charge in [-0.1, -0.05) is 0 Å². The molecule has 0 bridgehead atoms. The first-order chi connectivity index (χ1) is 9.11. The molecule has 0 radical (unpaired) electrons. The molecule has 2 heterocycles. The molecule has 0 fully saturated rings. The van der Waals surface area contributed by atoms with Gasteiger partial charge < -0.3 is 11.1 Å². The first-order valence-electron chi connectivity index (χ1n) is 5.68. The van der Waals surface area contributed by atoms with E-state index in [9.17, 15) is 0 Å². The number of hydrogen-bond acceptors (Lipinski definition) is 5. The van der Waals surface area contributed by atoms with Gasteiger partial charge in [0.05, 0.1) is 5.39 Å². The number of nitrogen functional groups attached to an aromatic ring is 1. The number of nitrogens with zero attached hydrogens (tertiary/aromatic N) is 2. The Kier molecular flexibility index (Phi) is 3.28. The topological polar surface area (TPSA) is 63.8 Å². The maximum absolute atomic E-state index is 5.75. The summed E-state index contributed by atoms with van der Waals surface area (Å²) in [5.74, 6) is 1.05. The molecule has 96 valence electrons. The molecule has 0 saturated heterocycles. The molecular weight excluding hydrogens is 371 g/mol. The van der Waals surface area contributed by atoms with E-state index in [-0.39, 0.29) is 0 Å². The van der Waals surface area contributed by atoms with Crippen molar-refractivity contribution < 1.29 is 0 Å². The van der Waals surface area contributed by atoms with Crippen molar-refractivity contribution in [2.24, 2.45) is 0 Å². The summed E-state index contributed by atoms with van der Waals surface area (Å²) in [5, 5.41) is 4.31. The van der Waals surface area contributed by atoms with Crippen molar-refractivity contribution >= 4 is 61.6 Å². The van der Waals surface area contributed by atoms with Crippen LogP contribution in [0.15, 0.2) is 30.3 Å². The summed E-state index contributed by atoms with van der Waals surface area (Å²) in [5.41, 5.74) is 6.74. The van der Waals surface area contributed by atoms with Crippen LogP contribution >= 0.6 is 33.9 Å². The number of aromatic nitrogens is 2. The number of benzene rings is 1. The van der Waals surface area contributed by atoms with Gasteiger partial charge in [-0.3, -0.25) is 0 Å². The number of thiophene rings is 1. The van der Waals surface area contributed by atoms with Gasteiger partial charge in [-0.25, -0.2) is 4.98 Å². The number of nitrogens with one attached hydrogen (secondary N) is 1. The number of anilines is 3. The lowest BCUT2D eigenvalue weighted by atomic mass is 10.3. The average molecular weight is 382 g/mol. The molecule has 3 N–H and O–H groups in total. The number of halogens is 1. The largest absolute Gasteiger partial charge is 0.368 e. The predicted molar refractivity (Wildman–Crippen MR) is 89.0 cm³/mol. The smallest absolute Gasteiger partial charge is 0.223 e. The Morgan fingerprint density at radius 1 is 1.21 bits per heavy atom. The normalized spacial score (nSPS) is 10.8. The molecule has 0 aliphatic heterocycles.